The Bertz CT molecular complexity index is 1260. The number of aromatic amines is 2. The van der Waals surface area contributed by atoms with Gasteiger partial charge in [0.05, 0.1) is 5.41 Å². The molecule has 1 saturated carbocycles. The monoisotopic (exact) mass is 614 g/mol. The van der Waals surface area contributed by atoms with Gasteiger partial charge in [-0.05, 0) is 87.4 Å². The maximum Gasteiger partial charge on any atom is 0.282 e. The predicted molar refractivity (Wildman–Crippen MR) is 188 cm³/mol. The van der Waals surface area contributed by atoms with E-state index in [1.54, 1.807) is 0 Å². The maximum atomic E-state index is 5.88. The number of H-pyrrole nitrogens is 2. The van der Waals surface area contributed by atoms with Crippen LogP contribution in [0.25, 0.3) is 21.8 Å². The lowest BCUT2D eigenvalue weighted by atomic mass is 9.61. The van der Waals surface area contributed by atoms with E-state index in [9.17, 15) is 0 Å². The van der Waals surface area contributed by atoms with Crippen LogP contribution in [0.3, 0.4) is 0 Å². The summed E-state index contributed by atoms with van der Waals surface area (Å²) in [5.41, 5.74) is 5.33. The summed E-state index contributed by atoms with van der Waals surface area (Å²) in [5, 5.41) is 2.65. The molecular formula is C40H58N2O3. The highest BCUT2D eigenvalue weighted by Gasteiger charge is 2.45. The van der Waals surface area contributed by atoms with Crippen molar-refractivity contribution in [1.29, 1.82) is 0 Å². The fourth-order valence-corrected chi connectivity index (χ4v) is 8.09. The normalized spacial score (nSPS) is 17.0. The van der Waals surface area contributed by atoms with Crippen LogP contribution >= 0.6 is 0 Å². The third-order valence-corrected chi connectivity index (χ3v) is 10.2. The van der Waals surface area contributed by atoms with Gasteiger partial charge in [-0.25, -0.2) is 0 Å². The number of hydrogen-bond donors (Lipinski definition) is 2. The van der Waals surface area contributed by atoms with E-state index < -0.39 is 5.97 Å². The van der Waals surface area contributed by atoms with Gasteiger partial charge in [0.25, 0.3) is 5.97 Å². The van der Waals surface area contributed by atoms with E-state index in [1.165, 1.54) is 117 Å². The molecule has 1 atom stereocenters. The van der Waals surface area contributed by atoms with Crippen LogP contribution in [-0.2, 0) is 19.6 Å². The van der Waals surface area contributed by atoms with Crippen molar-refractivity contribution in [3.63, 3.8) is 0 Å². The van der Waals surface area contributed by atoms with Gasteiger partial charge in [0, 0.05) is 48.7 Å². The zero-order chi connectivity index (χ0) is 31.4. The van der Waals surface area contributed by atoms with Gasteiger partial charge in [0.1, 0.15) is 0 Å². The number of nitrogens with one attached hydrogen (secondary N) is 2. The van der Waals surface area contributed by atoms with E-state index in [0.717, 1.165) is 12.8 Å². The van der Waals surface area contributed by atoms with Gasteiger partial charge in [-0.3, -0.25) is 0 Å². The highest BCUT2D eigenvalue weighted by Crippen LogP contribution is 2.51. The zero-order valence-corrected chi connectivity index (χ0v) is 28.3. The highest BCUT2D eigenvalue weighted by molar-refractivity contribution is 5.83. The number of benzene rings is 2. The number of aromatic nitrogens is 2. The van der Waals surface area contributed by atoms with Crippen molar-refractivity contribution in [2.45, 2.75) is 128 Å². The number of hydrogen-bond acceptors (Lipinski definition) is 3. The summed E-state index contributed by atoms with van der Waals surface area (Å²) in [5.74, 6) is -0.207. The summed E-state index contributed by atoms with van der Waals surface area (Å²) in [6, 6.07) is 22.5. The quantitative estimate of drug-likeness (QED) is 0.0769. The number of para-hydroxylation sites is 2. The summed E-state index contributed by atoms with van der Waals surface area (Å²) in [6.07, 6.45) is 18.8. The molecule has 1 unspecified atom stereocenters. The van der Waals surface area contributed by atoms with E-state index in [2.05, 4.69) is 70.6 Å². The van der Waals surface area contributed by atoms with Gasteiger partial charge >= 0.3 is 0 Å². The van der Waals surface area contributed by atoms with Crippen molar-refractivity contribution < 1.29 is 14.2 Å². The Morgan fingerprint density at radius 3 is 1.64 bits per heavy atom. The van der Waals surface area contributed by atoms with Crippen LogP contribution in [0.2, 0.25) is 0 Å². The minimum Gasteiger partial charge on any atom is -0.358 e. The van der Waals surface area contributed by atoms with Crippen LogP contribution in [0.1, 0.15) is 128 Å². The standard InChI is InChI=1S/C40H58N2O3/c1-4-43-40(44-5-2,45-6-3)29-20-13-11-9-7-8-10-12-14-24-34-25-19-21-28-39(34,37-30-32-22-15-17-26-35(32)41-37)38-31-33-23-16-18-27-36(33)42-38/h15-18,22-23,26-27,30-31,34,41-42H,4-14,19-21,24-25,28-29H2,1-3H3. The van der Waals surface area contributed by atoms with Crippen LogP contribution < -0.4 is 0 Å². The largest absolute Gasteiger partial charge is 0.358 e. The van der Waals surface area contributed by atoms with Crippen LogP contribution in [0.5, 0.6) is 0 Å². The molecule has 5 nitrogen and oxygen atoms in total. The molecule has 2 N–H and O–H groups in total. The Morgan fingerprint density at radius 1 is 0.644 bits per heavy atom. The molecule has 45 heavy (non-hydrogen) atoms. The molecule has 2 aromatic heterocycles. The molecule has 5 rings (SSSR count). The summed E-state index contributed by atoms with van der Waals surface area (Å²) in [7, 11) is 0. The first-order chi connectivity index (χ1) is 22.1. The molecule has 246 valence electrons. The molecule has 2 aromatic carbocycles. The summed E-state index contributed by atoms with van der Waals surface area (Å²) in [4.78, 5) is 7.81. The first-order valence-electron chi connectivity index (χ1n) is 18.2. The van der Waals surface area contributed by atoms with Crippen molar-refractivity contribution in [3.05, 3.63) is 72.1 Å². The van der Waals surface area contributed by atoms with Gasteiger partial charge in [0.2, 0.25) is 0 Å². The average molecular weight is 615 g/mol. The van der Waals surface area contributed by atoms with Gasteiger partial charge in [0.15, 0.2) is 0 Å². The lowest BCUT2D eigenvalue weighted by molar-refractivity contribution is -0.380. The minimum absolute atomic E-state index is 0.0143. The SMILES string of the molecule is CCOC(CCCCCCCCCCCC1CCCCC1(c1cc2ccccc2[nH]1)c1cc2ccccc2[nH]1)(OCC)OCC. The smallest absolute Gasteiger partial charge is 0.282 e. The minimum atomic E-state index is -0.850. The Labute approximate surface area is 271 Å². The van der Waals surface area contributed by atoms with Gasteiger partial charge in [-0.2, -0.15) is 0 Å². The maximum absolute atomic E-state index is 5.88. The Morgan fingerprint density at radius 2 is 1.13 bits per heavy atom. The zero-order valence-electron chi connectivity index (χ0n) is 28.3. The molecule has 2 heterocycles. The van der Waals surface area contributed by atoms with E-state index in [-0.39, 0.29) is 5.41 Å². The molecule has 5 heteroatoms. The highest BCUT2D eigenvalue weighted by atomic mass is 16.9. The first kappa shape index (κ1) is 33.8. The third-order valence-electron chi connectivity index (χ3n) is 10.2. The van der Waals surface area contributed by atoms with E-state index in [0.29, 0.717) is 25.7 Å². The second kappa shape index (κ2) is 16.8. The Hall–Kier alpha value is -2.60. The second-order valence-electron chi connectivity index (χ2n) is 13.2. The summed E-state index contributed by atoms with van der Waals surface area (Å²) in [6.45, 7) is 7.83. The van der Waals surface area contributed by atoms with E-state index >= 15 is 0 Å². The molecule has 0 saturated heterocycles. The van der Waals surface area contributed by atoms with Crippen molar-refractivity contribution in [2.75, 3.05) is 19.8 Å². The number of ether oxygens (including phenoxy) is 3. The molecule has 0 radical (unpaired) electrons. The molecule has 0 amide bonds. The lowest BCUT2D eigenvalue weighted by Gasteiger charge is -2.44. The van der Waals surface area contributed by atoms with Gasteiger partial charge in [-0.15, -0.1) is 0 Å². The van der Waals surface area contributed by atoms with Gasteiger partial charge < -0.3 is 24.2 Å². The van der Waals surface area contributed by atoms with Crippen molar-refractivity contribution in [1.82, 2.24) is 9.97 Å². The fraction of sp³-hybridized carbons (Fsp3) is 0.600. The number of unbranched alkanes of at least 4 members (excludes halogenated alkanes) is 8. The van der Waals surface area contributed by atoms with E-state index in [4.69, 9.17) is 14.2 Å². The van der Waals surface area contributed by atoms with Crippen molar-refractivity contribution >= 4 is 21.8 Å². The topological polar surface area (TPSA) is 59.3 Å². The van der Waals surface area contributed by atoms with E-state index in [1.807, 2.05) is 20.8 Å². The van der Waals surface area contributed by atoms with Crippen molar-refractivity contribution in [3.8, 4) is 0 Å². The molecule has 1 aliphatic rings. The van der Waals surface area contributed by atoms with Gasteiger partial charge in [-0.1, -0.05) is 101 Å². The number of fused-ring (bicyclic) bond motifs is 2. The fourth-order valence-electron chi connectivity index (χ4n) is 8.09. The molecule has 0 bridgehead atoms. The number of rotatable bonds is 20. The predicted octanol–water partition coefficient (Wildman–Crippen LogP) is 11.2. The first-order valence-corrected chi connectivity index (χ1v) is 18.2. The average Bonchev–Trinajstić information content (AvgIpc) is 3.69. The molecule has 1 aliphatic carbocycles. The second-order valence-corrected chi connectivity index (χ2v) is 13.2. The summed E-state index contributed by atoms with van der Waals surface area (Å²) >= 11 is 0. The third kappa shape index (κ3) is 8.22. The Balaban J connectivity index is 1.12. The summed E-state index contributed by atoms with van der Waals surface area (Å²) < 4.78 is 17.6. The molecule has 0 spiro atoms. The molecule has 1 fully saturated rings. The lowest BCUT2D eigenvalue weighted by Crippen LogP contribution is -2.40. The Kier molecular flexibility index (Phi) is 12.6. The van der Waals surface area contributed by atoms with Crippen molar-refractivity contribution in [2.24, 2.45) is 5.92 Å². The molecule has 0 aliphatic heterocycles. The van der Waals surface area contributed by atoms with Crippen LogP contribution in [0.4, 0.5) is 0 Å². The van der Waals surface area contributed by atoms with Crippen LogP contribution in [-0.4, -0.2) is 35.8 Å². The van der Waals surface area contributed by atoms with Crippen LogP contribution in [0.15, 0.2) is 60.7 Å². The van der Waals surface area contributed by atoms with Crippen LogP contribution in [0, 0.1) is 5.92 Å². The molecule has 4 aromatic rings. The molecular weight excluding hydrogens is 556 g/mol.